The van der Waals surface area contributed by atoms with Crippen molar-refractivity contribution in [2.75, 3.05) is 0 Å². The summed E-state index contributed by atoms with van der Waals surface area (Å²) in [6.45, 7) is 5.76. The highest BCUT2D eigenvalue weighted by Crippen LogP contribution is 2.06. The van der Waals surface area contributed by atoms with Crippen LogP contribution in [-0.2, 0) is 0 Å². The second-order valence-corrected chi connectivity index (χ2v) is 4.24. The van der Waals surface area contributed by atoms with Gasteiger partial charge < -0.3 is 5.73 Å². The summed E-state index contributed by atoms with van der Waals surface area (Å²) in [4.78, 5) is 0. The Morgan fingerprint density at radius 1 is 1.00 bits per heavy atom. The molecular weight excluding hydrogens is 206 g/mol. The number of unbranched alkanes of at least 4 members (excludes halogenated alkanes) is 3. The molecule has 0 heterocycles. The summed E-state index contributed by atoms with van der Waals surface area (Å²) in [7, 11) is 0. The van der Waals surface area contributed by atoms with E-state index in [4.69, 9.17) is 5.73 Å². The molecule has 0 aliphatic carbocycles. The Bertz CT molecular complexity index is 248. The lowest BCUT2D eigenvalue weighted by Crippen LogP contribution is -2.17. The number of hydrogen-bond acceptors (Lipinski definition) is 1. The highest BCUT2D eigenvalue weighted by atomic mass is 14.6. The molecule has 0 bridgehead atoms. The lowest BCUT2D eigenvalue weighted by Gasteiger charge is -2.06. The van der Waals surface area contributed by atoms with Crippen molar-refractivity contribution in [1.29, 1.82) is 0 Å². The van der Waals surface area contributed by atoms with E-state index in [9.17, 15) is 0 Å². The average molecular weight is 233 g/mol. The van der Waals surface area contributed by atoms with Crippen molar-refractivity contribution in [3.05, 3.63) is 49.1 Å². The van der Waals surface area contributed by atoms with Gasteiger partial charge in [0, 0.05) is 6.04 Å². The smallest absolute Gasteiger partial charge is 0.00362 e. The minimum atomic E-state index is 0.408. The summed E-state index contributed by atoms with van der Waals surface area (Å²) >= 11 is 0. The standard InChI is InChI=1S/C16H27N/c1-3-5-6-7-8-9-10-11-12-13-14-15-16(17)4-2/h3,5-10,16H,1,4,11-15,17H2,2H3. The maximum absolute atomic E-state index is 5.86. The first-order valence-electron chi connectivity index (χ1n) is 6.67. The lowest BCUT2D eigenvalue weighted by molar-refractivity contribution is 0.541. The van der Waals surface area contributed by atoms with Gasteiger partial charge >= 0.3 is 0 Å². The van der Waals surface area contributed by atoms with Gasteiger partial charge in [-0.25, -0.2) is 0 Å². The van der Waals surface area contributed by atoms with Crippen LogP contribution < -0.4 is 5.73 Å². The van der Waals surface area contributed by atoms with Crippen LogP contribution in [0.1, 0.15) is 45.4 Å². The van der Waals surface area contributed by atoms with Crippen LogP contribution in [-0.4, -0.2) is 6.04 Å². The normalized spacial score (nSPS) is 14.0. The van der Waals surface area contributed by atoms with Gasteiger partial charge in [0.05, 0.1) is 0 Å². The fourth-order valence-electron chi connectivity index (χ4n) is 1.50. The summed E-state index contributed by atoms with van der Waals surface area (Å²) in [6.07, 6.45) is 21.3. The monoisotopic (exact) mass is 233 g/mol. The van der Waals surface area contributed by atoms with Gasteiger partial charge in [-0.15, -0.1) is 0 Å². The van der Waals surface area contributed by atoms with E-state index in [0.29, 0.717) is 6.04 Å². The van der Waals surface area contributed by atoms with Crippen LogP contribution >= 0.6 is 0 Å². The molecule has 0 fully saturated rings. The molecule has 0 spiro atoms. The highest BCUT2D eigenvalue weighted by molar-refractivity contribution is 5.14. The first-order valence-corrected chi connectivity index (χ1v) is 6.67. The molecule has 1 atom stereocenters. The van der Waals surface area contributed by atoms with Crippen molar-refractivity contribution in [3.63, 3.8) is 0 Å². The third-order valence-corrected chi connectivity index (χ3v) is 2.69. The quantitative estimate of drug-likeness (QED) is 0.435. The van der Waals surface area contributed by atoms with Crippen LogP contribution in [0.4, 0.5) is 0 Å². The molecule has 0 aromatic carbocycles. The summed E-state index contributed by atoms with van der Waals surface area (Å²) in [6, 6.07) is 0.408. The first-order chi connectivity index (χ1) is 8.31. The van der Waals surface area contributed by atoms with Gasteiger partial charge in [0.1, 0.15) is 0 Å². The zero-order chi connectivity index (χ0) is 12.8. The van der Waals surface area contributed by atoms with E-state index in [1.54, 1.807) is 6.08 Å². The Hall–Kier alpha value is -1.08. The Morgan fingerprint density at radius 2 is 1.71 bits per heavy atom. The molecular formula is C16H27N. The first kappa shape index (κ1) is 15.9. The van der Waals surface area contributed by atoms with E-state index >= 15 is 0 Å². The van der Waals surface area contributed by atoms with Gasteiger partial charge in [0.2, 0.25) is 0 Å². The van der Waals surface area contributed by atoms with E-state index in [-0.39, 0.29) is 0 Å². The third kappa shape index (κ3) is 12.9. The van der Waals surface area contributed by atoms with Crippen molar-refractivity contribution in [3.8, 4) is 0 Å². The van der Waals surface area contributed by atoms with Crippen molar-refractivity contribution in [1.82, 2.24) is 0 Å². The van der Waals surface area contributed by atoms with Crippen LogP contribution in [0.3, 0.4) is 0 Å². The molecule has 0 radical (unpaired) electrons. The molecule has 17 heavy (non-hydrogen) atoms. The number of allylic oxidation sites excluding steroid dienone is 7. The van der Waals surface area contributed by atoms with Crippen molar-refractivity contribution in [2.45, 2.75) is 51.5 Å². The molecule has 96 valence electrons. The predicted octanol–water partition coefficient (Wildman–Crippen LogP) is 4.53. The van der Waals surface area contributed by atoms with E-state index in [1.807, 2.05) is 24.3 Å². The lowest BCUT2D eigenvalue weighted by atomic mass is 10.1. The maximum atomic E-state index is 5.86. The molecule has 0 amide bonds. The molecule has 0 rings (SSSR count). The van der Waals surface area contributed by atoms with E-state index in [1.165, 1.54) is 25.7 Å². The van der Waals surface area contributed by atoms with Gasteiger partial charge in [-0.3, -0.25) is 0 Å². The minimum absolute atomic E-state index is 0.408. The van der Waals surface area contributed by atoms with Gasteiger partial charge in [-0.05, 0) is 25.7 Å². The fourth-order valence-corrected chi connectivity index (χ4v) is 1.50. The van der Waals surface area contributed by atoms with Crippen molar-refractivity contribution in [2.24, 2.45) is 5.73 Å². The average Bonchev–Trinajstić information content (AvgIpc) is 2.35. The van der Waals surface area contributed by atoms with Crippen LogP contribution in [0.5, 0.6) is 0 Å². The molecule has 0 aromatic rings. The SMILES string of the molecule is C=CC=CC=CC=CCCCCCC(N)CC. The molecule has 0 aliphatic heterocycles. The summed E-state index contributed by atoms with van der Waals surface area (Å²) in [5.41, 5.74) is 5.86. The van der Waals surface area contributed by atoms with Gasteiger partial charge in [0.25, 0.3) is 0 Å². The second kappa shape index (κ2) is 13.0. The van der Waals surface area contributed by atoms with Gasteiger partial charge in [-0.2, -0.15) is 0 Å². The topological polar surface area (TPSA) is 26.0 Å². The fraction of sp³-hybridized carbons (Fsp3) is 0.500. The summed E-state index contributed by atoms with van der Waals surface area (Å²) in [5, 5.41) is 0. The number of hydrogen-bond donors (Lipinski definition) is 1. The Morgan fingerprint density at radius 3 is 2.41 bits per heavy atom. The van der Waals surface area contributed by atoms with Crippen LogP contribution in [0.25, 0.3) is 0 Å². The van der Waals surface area contributed by atoms with E-state index in [0.717, 1.165) is 12.8 Å². The van der Waals surface area contributed by atoms with Crippen LogP contribution in [0.2, 0.25) is 0 Å². The molecule has 0 aromatic heterocycles. The van der Waals surface area contributed by atoms with Crippen LogP contribution in [0.15, 0.2) is 49.1 Å². The maximum Gasteiger partial charge on any atom is 0.00362 e. The molecule has 2 N–H and O–H groups in total. The summed E-state index contributed by atoms with van der Waals surface area (Å²) < 4.78 is 0. The van der Waals surface area contributed by atoms with E-state index in [2.05, 4.69) is 25.7 Å². The minimum Gasteiger partial charge on any atom is -0.328 e. The molecule has 0 saturated heterocycles. The van der Waals surface area contributed by atoms with Crippen molar-refractivity contribution < 1.29 is 0 Å². The van der Waals surface area contributed by atoms with Gasteiger partial charge in [-0.1, -0.05) is 68.9 Å². The zero-order valence-electron chi connectivity index (χ0n) is 11.1. The molecule has 1 unspecified atom stereocenters. The van der Waals surface area contributed by atoms with Crippen LogP contribution in [0, 0.1) is 0 Å². The van der Waals surface area contributed by atoms with E-state index < -0.39 is 0 Å². The molecule has 0 aliphatic rings. The molecule has 1 heteroatoms. The summed E-state index contributed by atoms with van der Waals surface area (Å²) in [5.74, 6) is 0. The molecule has 1 nitrogen and oxygen atoms in total. The predicted molar refractivity (Wildman–Crippen MR) is 79.0 cm³/mol. The third-order valence-electron chi connectivity index (χ3n) is 2.69. The largest absolute Gasteiger partial charge is 0.328 e. The van der Waals surface area contributed by atoms with Crippen molar-refractivity contribution >= 4 is 0 Å². The Labute approximate surface area is 107 Å². The zero-order valence-corrected chi connectivity index (χ0v) is 11.1. The number of rotatable bonds is 10. The van der Waals surface area contributed by atoms with Gasteiger partial charge in [0.15, 0.2) is 0 Å². The Kier molecular flexibility index (Phi) is 12.2. The number of nitrogens with two attached hydrogens (primary N) is 1. The second-order valence-electron chi connectivity index (χ2n) is 4.24. The molecule has 0 saturated carbocycles. The highest BCUT2D eigenvalue weighted by Gasteiger charge is 1.97. The Balaban J connectivity index is 3.33.